The normalized spacial score (nSPS) is 10.7. The van der Waals surface area contributed by atoms with E-state index in [-0.39, 0.29) is 24.1 Å². The molecule has 0 bridgehead atoms. The third-order valence-electron chi connectivity index (χ3n) is 3.28. The van der Waals surface area contributed by atoms with Crippen molar-refractivity contribution in [1.29, 1.82) is 0 Å². The predicted octanol–water partition coefficient (Wildman–Crippen LogP) is 3.21. The highest BCUT2D eigenvalue weighted by atomic mass is 19.1. The standard InChI is InChI=1S/C17H15FN2O5/c1-10-7-12(11(2)24-10)17-20-19-15(25-17)8-23-16(21)9-22-14-6-4-3-5-13(14)18/h3-7H,8-9H2,1-2H3. The fourth-order valence-electron chi connectivity index (χ4n) is 2.15. The van der Waals surface area contributed by atoms with Crippen molar-refractivity contribution in [2.75, 3.05) is 6.61 Å². The van der Waals surface area contributed by atoms with Gasteiger partial charge < -0.3 is 18.3 Å². The Balaban J connectivity index is 1.53. The summed E-state index contributed by atoms with van der Waals surface area (Å²) in [6.07, 6.45) is 0. The smallest absolute Gasteiger partial charge is 0.344 e. The minimum Gasteiger partial charge on any atom is -0.479 e. The van der Waals surface area contributed by atoms with Gasteiger partial charge in [-0.05, 0) is 32.0 Å². The van der Waals surface area contributed by atoms with Gasteiger partial charge in [0.05, 0.1) is 5.56 Å². The molecule has 0 unspecified atom stereocenters. The molecule has 25 heavy (non-hydrogen) atoms. The highest BCUT2D eigenvalue weighted by Crippen LogP contribution is 2.25. The van der Waals surface area contributed by atoms with E-state index in [0.717, 1.165) is 5.76 Å². The zero-order valence-electron chi connectivity index (χ0n) is 13.6. The molecule has 0 amide bonds. The highest BCUT2D eigenvalue weighted by molar-refractivity contribution is 5.71. The monoisotopic (exact) mass is 346 g/mol. The highest BCUT2D eigenvalue weighted by Gasteiger charge is 2.16. The van der Waals surface area contributed by atoms with Gasteiger partial charge in [0.2, 0.25) is 0 Å². The van der Waals surface area contributed by atoms with Gasteiger partial charge in [0.25, 0.3) is 11.8 Å². The first-order valence-corrected chi connectivity index (χ1v) is 7.45. The molecule has 0 aliphatic heterocycles. The van der Waals surface area contributed by atoms with Crippen LogP contribution in [-0.2, 0) is 16.1 Å². The number of rotatable bonds is 6. The molecule has 1 aromatic carbocycles. The van der Waals surface area contributed by atoms with Gasteiger partial charge in [0.15, 0.2) is 24.8 Å². The first-order chi connectivity index (χ1) is 12.0. The number of halogens is 1. The van der Waals surface area contributed by atoms with Gasteiger partial charge >= 0.3 is 5.97 Å². The number of esters is 1. The van der Waals surface area contributed by atoms with Crippen LogP contribution in [0, 0.1) is 19.7 Å². The number of aryl methyl sites for hydroxylation is 2. The van der Waals surface area contributed by atoms with Crippen molar-refractivity contribution in [3.8, 4) is 17.2 Å². The third kappa shape index (κ3) is 4.03. The van der Waals surface area contributed by atoms with E-state index >= 15 is 0 Å². The van der Waals surface area contributed by atoms with Gasteiger partial charge in [-0.25, -0.2) is 9.18 Å². The van der Waals surface area contributed by atoms with E-state index in [1.807, 2.05) is 6.92 Å². The largest absolute Gasteiger partial charge is 0.479 e. The zero-order valence-corrected chi connectivity index (χ0v) is 13.6. The lowest BCUT2D eigenvalue weighted by Gasteiger charge is -2.06. The molecule has 8 heteroatoms. The Morgan fingerprint density at radius 2 is 2.00 bits per heavy atom. The molecule has 0 aliphatic carbocycles. The molecule has 0 N–H and O–H groups in total. The molecular weight excluding hydrogens is 331 g/mol. The third-order valence-corrected chi connectivity index (χ3v) is 3.28. The first kappa shape index (κ1) is 16.7. The molecule has 3 rings (SSSR count). The summed E-state index contributed by atoms with van der Waals surface area (Å²) in [5, 5.41) is 7.71. The van der Waals surface area contributed by atoms with E-state index in [9.17, 15) is 9.18 Å². The summed E-state index contributed by atoms with van der Waals surface area (Å²) in [6.45, 7) is 2.96. The van der Waals surface area contributed by atoms with Crippen LogP contribution in [0.15, 0.2) is 39.2 Å². The van der Waals surface area contributed by atoms with Crippen molar-refractivity contribution >= 4 is 5.97 Å². The lowest BCUT2D eigenvalue weighted by molar-refractivity contribution is -0.148. The maximum Gasteiger partial charge on any atom is 0.344 e. The van der Waals surface area contributed by atoms with E-state index in [4.69, 9.17) is 18.3 Å². The fraction of sp³-hybridized carbons (Fsp3) is 0.235. The maximum absolute atomic E-state index is 13.4. The van der Waals surface area contributed by atoms with Crippen molar-refractivity contribution in [3.05, 3.63) is 53.6 Å². The molecule has 0 saturated carbocycles. The molecule has 7 nitrogen and oxygen atoms in total. The summed E-state index contributed by atoms with van der Waals surface area (Å²) in [6, 6.07) is 7.56. The molecular formula is C17H15FN2O5. The second kappa shape index (κ2) is 7.16. The average molecular weight is 346 g/mol. The molecule has 130 valence electrons. The van der Waals surface area contributed by atoms with Crippen LogP contribution in [-0.4, -0.2) is 22.8 Å². The molecule has 0 radical (unpaired) electrons. The number of hydrogen-bond acceptors (Lipinski definition) is 7. The number of benzene rings is 1. The number of furan rings is 1. The molecule has 0 fully saturated rings. The Morgan fingerprint density at radius 1 is 1.20 bits per heavy atom. The first-order valence-electron chi connectivity index (χ1n) is 7.45. The molecule has 2 heterocycles. The second-order valence-corrected chi connectivity index (χ2v) is 5.21. The Hall–Kier alpha value is -3.16. The SMILES string of the molecule is Cc1cc(-c2nnc(COC(=O)COc3ccccc3F)o2)c(C)o1. The van der Waals surface area contributed by atoms with Crippen LogP contribution in [0.25, 0.3) is 11.5 Å². The lowest BCUT2D eigenvalue weighted by Crippen LogP contribution is -2.15. The van der Waals surface area contributed by atoms with Gasteiger partial charge in [-0.2, -0.15) is 0 Å². The summed E-state index contributed by atoms with van der Waals surface area (Å²) >= 11 is 0. The van der Waals surface area contributed by atoms with Gasteiger partial charge in [0, 0.05) is 0 Å². The van der Waals surface area contributed by atoms with Crippen molar-refractivity contribution < 1.29 is 27.5 Å². The van der Waals surface area contributed by atoms with Crippen molar-refractivity contribution in [1.82, 2.24) is 10.2 Å². The molecule has 0 spiro atoms. The van der Waals surface area contributed by atoms with Gasteiger partial charge in [0.1, 0.15) is 11.5 Å². The number of carbonyl (C=O) groups excluding carboxylic acids is 1. The van der Waals surface area contributed by atoms with E-state index in [2.05, 4.69) is 10.2 Å². The number of aromatic nitrogens is 2. The number of para-hydroxylation sites is 1. The number of ether oxygens (including phenoxy) is 2. The summed E-state index contributed by atoms with van der Waals surface area (Å²) in [5.74, 6) is 0.536. The van der Waals surface area contributed by atoms with Crippen molar-refractivity contribution in [3.63, 3.8) is 0 Å². The molecule has 0 atom stereocenters. The van der Waals surface area contributed by atoms with Crippen LogP contribution in [0.1, 0.15) is 17.4 Å². The van der Waals surface area contributed by atoms with E-state index in [1.54, 1.807) is 19.1 Å². The Kier molecular flexibility index (Phi) is 4.78. The fourth-order valence-corrected chi connectivity index (χ4v) is 2.15. The van der Waals surface area contributed by atoms with Crippen molar-refractivity contribution in [2.24, 2.45) is 0 Å². The second-order valence-electron chi connectivity index (χ2n) is 5.21. The average Bonchev–Trinajstić information content (AvgIpc) is 3.18. The minimum absolute atomic E-state index is 0.0228. The van der Waals surface area contributed by atoms with Crippen LogP contribution in [0.4, 0.5) is 4.39 Å². The van der Waals surface area contributed by atoms with Crippen LogP contribution in [0.3, 0.4) is 0 Å². The van der Waals surface area contributed by atoms with Crippen LogP contribution >= 0.6 is 0 Å². The summed E-state index contributed by atoms with van der Waals surface area (Å²) in [5.41, 5.74) is 0.686. The van der Waals surface area contributed by atoms with Crippen LogP contribution in [0.5, 0.6) is 5.75 Å². The van der Waals surface area contributed by atoms with E-state index in [1.165, 1.54) is 18.2 Å². The van der Waals surface area contributed by atoms with E-state index < -0.39 is 18.4 Å². The zero-order chi connectivity index (χ0) is 17.8. The summed E-state index contributed by atoms with van der Waals surface area (Å²) in [7, 11) is 0. The Labute approximate surface area is 142 Å². The Bertz CT molecular complexity index is 887. The minimum atomic E-state index is -0.682. The number of hydrogen-bond donors (Lipinski definition) is 0. The summed E-state index contributed by atoms with van der Waals surface area (Å²) in [4.78, 5) is 11.7. The van der Waals surface area contributed by atoms with Gasteiger partial charge in [-0.1, -0.05) is 12.1 Å². The van der Waals surface area contributed by atoms with Crippen molar-refractivity contribution in [2.45, 2.75) is 20.5 Å². The molecule has 0 saturated heterocycles. The molecule has 3 aromatic rings. The topological polar surface area (TPSA) is 87.6 Å². The van der Waals surface area contributed by atoms with Gasteiger partial charge in [-0.15, -0.1) is 10.2 Å². The predicted molar refractivity (Wildman–Crippen MR) is 83.2 cm³/mol. The molecule has 2 aromatic heterocycles. The Morgan fingerprint density at radius 3 is 2.72 bits per heavy atom. The quantitative estimate of drug-likeness (QED) is 0.633. The molecule has 0 aliphatic rings. The summed E-state index contributed by atoms with van der Waals surface area (Å²) < 4.78 is 34.2. The number of nitrogens with zero attached hydrogens (tertiary/aromatic N) is 2. The van der Waals surface area contributed by atoms with Gasteiger partial charge in [-0.3, -0.25) is 0 Å². The lowest BCUT2D eigenvalue weighted by atomic mass is 10.2. The van der Waals surface area contributed by atoms with Crippen LogP contribution < -0.4 is 4.74 Å². The maximum atomic E-state index is 13.4. The van der Waals surface area contributed by atoms with E-state index in [0.29, 0.717) is 11.3 Å². The van der Waals surface area contributed by atoms with Crippen LogP contribution in [0.2, 0.25) is 0 Å². The number of carbonyl (C=O) groups is 1.